The zero-order chi connectivity index (χ0) is 20.7. The van der Waals surface area contributed by atoms with E-state index in [1.54, 1.807) is 0 Å². The molecule has 2 aromatic carbocycles. The van der Waals surface area contributed by atoms with Crippen LogP contribution < -0.4 is 4.74 Å². The lowest BCUT2D eigenvalue weighted by Gasteiger charge is -2.23. The number of hydrogen-bond donors (Lipinski definition) is 2. The Morgan fingerprint density at radius 3 is 2.17 bits per heavy atom. The van der Waals surface area contributed by atoms with Gasteiger partial charge in [-0.25, -0.2) is 17.6 Å². The van der Waals surface area contributed by atoms with E-state index in [0.717, 1.165) is 37.1 Å². The molecular weight excluding hydrogens is 390 g/mol. The number of rotatable bonds is 5. The molecule has 8 heteroatoms. The second kappa shape index (κ2) is 7.84. The Kier molecular flexibility index (Phi) is 5.40. The Morgan fingerprint density at radius 2 is 1.59 bits per heavy atom. The van der Waals surface area contributed by atoms with Crippen LogP contribution in [0.4, 0.5) is 17.6 Å². The van der Waals surface area contributed by atoms with Crippen LogP contribution in [0.3, 0.4) is 0 Å². The van der Waals surface area contributed by atoms with E-state index >= 15 is 0 Å². The number of benzene rings is 2. The maximum Gasteiger partial charge on any atom is 0.187 e. The number of halogens is 4. The molecule has 0 amide bonds. The molecule has 29 heavy (non-hydrogen) atoms. The van der Waals surface area contributed by atoms with Crippen molar-refractivity contribution in [3.05, 3.63) is 59.2 Å². The predicted octanol–water partition coefficient (Wildman–Crippen LogP) is 3.77. The smallest absolute Gasteiger partial charge is 0.187 e. The summed E-state index contributed by atoms with van der Waals surface area (Å²) in [6, 6.07) is 5.11. The van der Waals surface area contributed by atoms with Crippen LogP contribution in [0.2, 0.25) is 0 Å². The quantitative estimate of drug-likeness (QED) is 0.736. The zero-order valence-corrected chi connectivity index (χ0v) is 15.5. The van der Waals surface area contributed by atoms with Crippen molar-refractivity contribution in [1.82, 2.24) is 4.90 Å². The molecule has 1 unspecified atom stereocenters. The van der Waals surface area contributed by atoms with Crippen LogP contribution in [0.25, 0.3) is 0 Å². The first-order valence-corrected chi connectivity index (χ1v) is 9.50. The van der Waals surface area contributed by atoms with Gasteiger partial charge in [0.15, 0.2) is 29.0 Å². The summed E-state index contributed by atoms with van der Waals surface area (Å²) in [5.41, 5.74) is 0.0721. The van der Waals surface area contributed by atoms with Crippen LogP contribution in [0.5, 0.6) is 11.5 Å². The Bertz CT molecular complexity index is 872. The normalized spacial score (nSPS) is 25.2. The molecule has 4 atom stereocenters. The summed E-state index contributed by atoms with van der Waals surface area (Å²) in [5.74, 6) is -3.98. The fraction of sp³-hybridized carbons (Fsp3) is 0.429. The third-order valence-electron chi connectivity index (χ3n) is 5.83. The number of likely N-dealkylation sites (tertiary alicyclic amines) is 1. The number of nitrogens with zero attached hydrogens (tertiary/aromatic N) is 1. The molecule has 0 radical (unpaired) electrons. The SMILES string of the molecule is Oc1c(F)cc([C@H](O)CN2C[C@H]3CC(Oc4ccc(F)cc4F)C[C@H]3C2)cc1F. The van der Waals surface area contributed by atoms with E-state index in [-0.39, 0.29) is 24.0 Å². The van der Waals surface area contributed by atoms with Gasteiger partial charge in [-0.2, -0.15) is 0 Å². The number of aliphatic hydroxyl groups excluding tert-OH is 1. The molecule has 2 N–H and O–H groups in total. The monoisotopic (exact) mass is 411 g/mol. The minimum absolute atomic E-state index is 0.0417. The van der Waals surface area contributed by atoms with Gasteiger partial charge in [-0.05, 0) is 54.5 Å². The minimum atomic E-state index is -1.11. The fourth-order valence-electron chi connectivity index (χ4n) is 4.46. The summed E-state index contributed by atoms with van der Waals surface area (Å²) in [4.78, 5) is 2.03. The summed E-state index contributed by atoms with van der Waals surface area (Å²) < 4.78 is 59.5. The van der Waals surface area contributed by atoms with Crippen molar-refractivity contribution in [2.75, 3.05) is 19.6 Å². The van der Waals surface area contributed by atoms with E-state index < -0.39 is 35.1 Å². The highest BCUT2D eigenvalue weighted by molar-refractivity contribution is 5.31. The standard InChI is InChI=1S/C21H21F4NO3/c22-14-1-2-20(16(23)7-14)29-15-3-12-8-26(9-13(12)4-15)10-19(27)11-5-17(24)21(28)18(25)6-11/h1-2,5-7,12-13,15,19,27-28H,3-4,8-10H2/t12-,13+,15?,19-/m1/s1. The number of phenolic OH excluding ortho intramolecular Hbond substituents is 1. The van der Waals surface area contributed by atoms with Gasteiger partial charge in [0.2, 0.25) is 0 Å². The van der Waals surface area contributed by atoms with E-state index in [1.807, 2.05) is 4.90 Å². The van der Waals surface area contributed by atoms with E-state index in [1.165, 1.54) is 6.07 Å². The average Bonchev–Trinajstić information content (AvgIpc) is 3.19. The molecular formula is C21H21F4NO3. The first-order chi connectivity index (χ1) is 13.8. The molecule has 4 rings (SSSR count). The number of aromatic hydroxyl groups is 1. The first kappa shape index (κ1) is 20.0. The van der Waals surface area contributed by atoms with E-state index in [0.29, 0.717) is 24.9 Å². The van der Waals surface area contributed by atoms with Crippen molar-refractivity contribution in [1.29, 1.82) is 0 Å². The molecule has 2 fully saturated rings. The Balaban J connectivity index is 1.32. The number of hydrogen-bond acceptors (Lipinski definition) is 4. The molecule has 1 heterocycles. The van der Waals surface area contributed by atoms with Crippen molar-refractivity contribution in [2.24, 2.45) is 11.8 Å². The minimum Gasteiger partial charge on any atom is -0.503 e. The lowest BCUT2D eigenvalue weighted by atomic mass is 10.0. The van der Waals surface area contributed by atoms with E-state index in [4.69, 9.17) is 4.74 Å². The predicted molar refractivity (Wildman–Crippen MR) is 96.4 cm³/mol. The molecule has 0 bridgehead atoms. The highest BCUT2D eigenvalue weighted by Gasteiger charge is 2.42. The molecule has 0 spiro atoms. The van der Waals surface area contributed by atoms with Gasteiger partial charge in [-0.3, -0.25) is 4.90 Å². The topological polar surface area (TPSA) is 52.9 Å². The fourth-order valence-corrected chi connectivity index (χ4v) is 4.46. The molecule has 1 saturated carbocycles. The van der Waals surface area contributed by atoms with Gasteiger partial charge in [-0.15, -0.1) is 0 Å². The number of β-amino-alcohol motifs (C(OH)–C–C–N with tert-alkyl or cyclic N) is 1. The molecule has 1 aliphatic heterocycles. The lowest BCUT2D eigenvalue weighted by molar-refractivity contribution is 0.115. The molecule has 4 nitrogen and oxygen atoms in total. The Hall–Kier alpha value is -2.32. The molecule has 1 aliphatic carbocycles. The van der Waals surface area contributed by atoms with Gasteiger partial charge in [0.05, 0.1) is 12.2 Å². The number of aliphatic hydroxyl groups is 1. The van der Waals surface area contributed by atoms with Crippen molar-refractivity contribution in [2.45, 2.75) is 25.0 Å². The highest BCUT2D eigenvalue weighted by atomic mass is 19.1. The van der Waals surface area contributed by atoms with Gasteiger partial charge in [0.25, 0.3) is 0 Å². The van der Waals surface area contributed by atoms with Gasteiger partial charge < -0.3 is 14.9 Å². The number of ether oxygens (including phenoxy) is 1. The summed E-state index contributed by atoms with van der Waals surface area (Å²) in [5, 5.41) is 19.5. The van der Waals surface area contributed by atoms with Gasteiger partial charge in [-0.1, -0.05) is 0 Å². The summed E-state index contributed by atoms with van der Waals surface area (Å²) in [7, 11) is 0. The zero-order valence-electron chi connectivity index (χ0n) is 15.5. The summed E-state index contributed by atoms with van der Waals surface area (Å²) in [6.45, 7) is 1.60. The number of phenols is 1. The molecule has 156 valence electrons. The van der Waals surface area contributed by atoms with Crippen LogP contribution in [0.15, 0.2) is 30.3 Å². The average molecular weight is 411 g/mol. The second-order valence-corrected chi connectivity index (χ2v) is 7.87. The van der Waals surface area contributed by atoms with Crippen LogP contribution >= 0.6 is 0 Å². The van der Waals surface area contributed by atoms with Crippen molar-refractivity contribution >= 4 is 0 Å². The molecule has 0 aromatic heterocycles. The third-order valence-corrected chi connectivity index (χ3v) is 5.83. The molecule has 2 aromatic rings. The maximum absolute atomic E-state index is 13.8. The van der Waals surface area contributed by atoms with Gasteiger partial charge >= 0.3 is 0 Å². The second-order valence-electron chi connectivity index (χ2n) is 7.87. The first-order valence-electron chi connectivity index (χ1n) is 9.50. The highest BCUT2D eigenvalue weighted by Crippen LogP contribution is 2.40. The molecule has 1 saturated heterocycles. The van der Waals surface area contributed by atoms with Crippen molar-refractivity contribution in [3.63, 3.8) is 0 Å². The largest absolute Gasteiger partial charge is 0.503 e. The Morgan fingerprint density at radius 1 is 0.966 bits per heavy atom. The Labute approximate surface area is 165 Å². The van der Waals surface area contributed by atoms with Gasteiger partial charge in [0.1, 0.15) is 5.82 Å². The van der Waals surface area contributed by atoms with Crippen LogP contribution in [0.1, 0.15) is 24.5 Å². The number of fused-ring (bicyclic) bond motifs is 1. The van der Waals surface area contributed by atoms with Crippen molar-refractivity contribution < 1.29 is 32.5 Å². The van der Waals surface area contributed by atoms with Crippen LogP contribution in [-0.2, 0) is 0 Å². The lowest BCUT2D eigenvalue weighted by Crippen LogP contribution is -2.29. The van der Waals surface area contributed by atoms with Gasteiger partial charge in [0, 0.05) is 25.7 Å². The third kappa shape index (κ3) is 4.18. The maximum atomic E-state index is 13.8. The molecule has 2 aliphatic rings. The van der Waals surface area contributed by atoms with Crippen LogP contribution in [-0.4, -0.2) is 40.9 Å². The van der Waals surface area contributed by atoms with Crippen LogP contribution in [0, 0.1) is 35.1 Å². The summed E-state index contributed by atoms with van der Waals surface area (Å²) >= 11 is 0. The van der Waals surface area contributed by atoms with E-state index in [2.05, 4.69) is 0 Å². The van der Waals surface area contributed by atoms with Crippen molar-refractivity contribution in [3.8, 4) is 11.5 Å². The summed E-state index contributed by atoms with van der Waals surface area (Å²) in [6.07, 6.45) is 0.198. The van der Waals surface area contributed by atoms with E-state index in [9.17, 15) is 27.8 Å².